The van der Waals surface area contributed by atoms with Crippen LogP contribution in [0.1, 0.15) is 28.8 Å². The molecule has 1 aromatic carbocycles. The number of ether oxygens (including phenoxy) is 2. The molecular formula is C19H26N4O5. The van der Waals surface area contributed by atoms with Gasteiger partial charge in [-0.05, 0) is 18.6 Å². The molecular weight excluding hydrogens is 364 g/mol. The molecule has 1 aromatic rings. The molecule has 0 bridgehead atoms. The zero-order valence-electron chi connectivity index (χ0n) is 15.7. The summed E-state index contributed by atoms with van der Waals surface area (Å²) in [6, 6.07) is 4.88. The number of piperidine rings is 1. The van der Waals surface area contributed by atoms with Gasteiger partial charge in [-0.3, -0.25) is 19.7 Å². The number of rotatable bonds is 10. The Morgan fingerprint density at radius 2 is 1.93 bits per heavy atom. The maximum Gasteiger partial charge on any atom is 0.255 e. The van der Waals surface area contributed by atoms with Crippen molar-refractivity contribution in [2.24, 2.45) is 5.73 Å². The van der Waals surface area contributed by atoms with Crippen molar-refractivity contribution in [3.05, 3.63) is 29.3 Å². The second-order valence-electron chi connectivity index (χ2n) is 6.67. The van der Waals surface area contributed by atoms with E-state index in [2.05, 4.69) is 10.6 Å². The number of hydrogen-bond donors (Lipinski definition) is 3. The zero-order chi connectivity index (χ0) is 19.9. The number of fused-ring (bicyclic) bond motifs is 1. The average Bonchev–Trinajstić information content (AvgIpc) is 3.01. The quantitative estimate of drug-likeness (QED) is 0.375. The lowest BCUT2D eigenvalue weighted by atomic mass is 10.0. The van der Waals surface area contributed by atoms with E-state index in [0.29, 0.717) is 58.0 Å². The molecule has 1 fully saturated rings. The molecule has 28 heavy (non-hydrogen) atoms. The van der Waals surface area contributed by atoms with Gasteiger partial charge in [-0.1, -0.05) is 6.07 Å². The van der Waals surface area contributed by atoms with Crippen LogP contribution < -0.4 is 16.4 Å². The number of anilines is 1. The number of nitrogens with two attached hydrogens (primary N) is 1. The van der Waals surface area contributed by atoms with Crippen LogP contribution in [0, 0.1) is 0 Å². The van der Waals surface area contributed by atoms with Gasteiger partial charge in [0.2, 0.25) is 11.8 Å². The van der Waals surface area contributed by atoms with Gasteiger partial charge in [-0.15, -0.1) is 0 Å². The normalized spacial score (nSPS) is 19.0. The van der Waals surface area contributed by atoms with Crippen LogP contribution in [-0.2, 0) is 25.6 Å². The van der Waals surface area contributed by atoms with E-state index < -0.39 is 11.9 Å². The summed E-state index contributed by atoms with van der Waals surface area (Å²) in [4.78, 5) is 37.8. The van der Waals surface area contributed by atoms with E-state index >= 15 is 0 Å². The van der Waals surface area contributed by atoms with Crippen molar-refractivity contribution in [2.45, 2.75) is 25.4 Å². The first-order valence-electron chi connectivity index (χ1n) is 9.47. The van der Waals surface area contributed by atoms with Crippen LogP contribution >= 0.6 is 0 Å². The number of carbonyl (C=O) groups is 3. The predicted molar refractivity (Wildman–Crippen MR) is 102 cm³/mol. The molecule has 0 saturated carbocycles. The summed E-state index contributed by atoms with van der Waals surface area (Å²) in [7, 11) is 0. The minimum atomic E-state index is -0.609. The first-order valence-corrected chi connectivity index (χ1v) is 9.47. The Morgan fingerprint density at radius 3 is 2.68 bits per heavy atom. The number of imide groups is 1. The minimum Gasteiger partial charge on any atom is -0.382 e. The highest BCUT2D eigenvalue weighted by molar-refractivity contribution is 6.06. The molecule has 1 unspecified atom stereocenters. The van der Waals surface area contributed by atoms with Gasteiger partial charge in [0, 0.05) is 42.9 Å². The largest absolute Gasteiger partial charge is 0.382 e. The number of benzene rings is 1. The lowest BCUT2D eigenvalue weighted by Gasteiger charge is -2.29. The Balaban J connectivity index is 1.54. The van der Waals surface area contributed by atoms with E-state index in [9.17, 15) is 14.4 Å². The SMILES string of the molecule is NCCOCCOCCNc1cccc2c1CN(C1CCC(=O)NC1=O)C2=O. The number of hydrogen-bond acceptors (Lipinski definition) is 7. The van der Waals surface area contributed by atoms with Crippen LogP contribution in [0.15, 0.2) is 18.2 Å². The van der Waals surface area contributed by atoms with Gasteiger partial charge in [-0.25, -0.2) is 0 Å². The highest BCUT2D eigenvalue weighted by Gasteiger charge is 2.39. The fraction of sp³-hybridized carbons (Fsp3) is 0.526. The molecule has 1 saturated heterocycles. The summed E-state index contributed by atoms with van der Waals surface area (Å²) in [6.45, 7) is 3.45. The summed E-state index contributed by atoms with van der Waals surface area (Å²) in [5, 5.41) is 5.60. The van der Waals surface area contributed by atoms with Crippen LogP contribution in [0.3, 0.4) is 0 Å². The monoisotopic (exact) mass is 390 g/mol. The lowest BCUT2D eigenvalue weighted by molar-refractivity contribution is -0.136. The number of amides is 3. The lowest BCUT2D eigenvalue weighted by Crippen LogP contribution is -2.52. The van der Waals surface area contributed by atoms with Crippen LogP contribution in [-0.4, -0.2) is 68.2 Å². The van der Waals surface area contributed by atoms with E-state index in [1.807, 2.05) is 12.1 Å². The molecule has 4 N–H and O–H groups in total. The van der Waals surface area contributed by atoms with E-state index in [-0.39, 0.29) is 18.2 Å². The van der Waals surface area contributed by atoms with Gasteiger partial charge in [0.1, 0.15) is 6.04 Å². The molecule has 2 aliphatic heterocycles. The Kier molecular flexibility index (Phi) is 6.96. The van der Waals surface area contributed by atoms with Crippen molar-refractivity contribution in [1.29, 1.82) is 0 Å². The van der Waals surface area contributed by atoms with Crippen LogP contribution in [0.2, 0.25) is 0 Å². The topological polar surface area (TPSA) is 123 Å². The standard InChI is InChI=1S/C19H26N4O5/c20-6-8-27-10-11-28-9-7-21-15-3-1-2-13-14(15)12-23(19(13)26)16-4-5-17(24)22-18(16)25/h1-3,16,21H,4-12,20H2,(H,22,24,25). The molecule has 9 nitrogen and oxygen atoms in total. The van der Waals surface area contributed by atoms with Gasteiger partial charge in [0.15, 0.2) is 0 Å². The third-order valence-corrected chi connectivity index (χ3v) is 4.78. The summed E-state index contributed by atoms with van der Waals surface area (Å²) in [6.07, 6.45) is 0.598. The molecule has 0 aliphatic carbocycles. The Labute approximate surface area is 163 Å². The van der Waals surface area contributed by atoms with Gasteiger partial charge in [0.05, 0.1) is 26.4 Å². The summed E-state index contributed by atoms with van der Waals surface area (Å²) in [5.41, 5.74) is 7.64. The Hall–Kier alpha value is -2.49. The highest BCUT2D eigenvalue weighted by atomic mass is 16.5. The smallest absolute Gasteiger partial charge is 0.255 e. The maximum atomic E-state index is 12.8. The summed E-state index contributed by atoms with van der Waals surface area (Å²) >= 11 is 0. The van der Waals surface area contributed by atoms with Gasteiger partial charge in [0.25, 0.3) is 5.91 Å². The highest BCUT2D eigenvalue weighted by Crippen LogP contribution is 2.32. The maximum absolute atomic E-state index is 12.8. The first-order chi connectivity index (χ1) is 13.6. The minimum absolute atomic E-state index is 0.179. The first kappa shape index (κ1) is 20.2. The molecule has 3 amide bonds. The third kappa shape index (κ3) is 4.67. The molecule has 0 aromatic heterocycles. The number of carbonyl (C=O) groups excluding carboxylic acids is 3. The van der Waals surface area contributed by atoms with Crippen LogP contribution in [0.5, 0.6) is 0 Å². The van der Waals surface area contributed by atoms with Crippen molar-refractivity contribution < 1.29 is 23.9 Å². The summed E-state index contributed by atoms with van der Waals surface area (Å²) in [5.74, 6) is -0.875. The fourth-order valence-electron chi connectivity index (χ4n) is 3.41. The van der Waals surface area contributed by atoms with Crippen molar-refractivity contribution in [3.63, 3.8) is 0 Å². The Morgan fingerprint density at radius 1 is 1.14 bits per heavy atom. The zero-order valence-corrected chi connectivity index (χ0v) is 15.7. The van der Waals surface area contributed by atoms with E-state index in [0.717, 1.165) is 11.3 Å². The van der Waals surface area contributed by atoms with Crippen molar-refractivity contribution in [2.75, 3.05) is 44.8 Å². The molecule has 0 radical (unpaired) electrons. The Bertz CT molecular complexity index is 739. The van der Waals surface area contributed by atoms with E-state index in [1.54, 1.807) is 11.0 Å². The fourth-order valence-corrected chi connectivity index (χ4v) is 3.41. The second-order valence-corrected chi connectivity index (χ2v) is 6.67. The van der Waals surface area contributed by atoms with Gasteiger partial charge < -0.3 is 25.4 Å². The third-order valence-electron chi connectivity index (χ3n) is 4.78. The number of nitrogens with zero attached hydrogens (tertiary/aromatic N) is 1. The molecule has 0 spiro atoms. The van der Waals surface area contributed by atoms with Crippen LogP contribution in [0.4, 0.5) is 5.69 Å². The van der Waals surface area contributed by atoms with Gasteiger partial charge >= 0.3 is 0 Å². The second kappa shape index (κ2) is 9.63. The molecule has 1 atom stereocenters. The molecule has 152 valence electrons. The molecule has 9 heteroatoms. The van der Waals surface area contributed by atoms with Crippen LogP contribution in [0.25, 0.3) is 0 Å². The van der Waals surface area contributed by atoms with Gasteiger partial charge in [-0.2, -0.15) is 0 Å². The van der Waals surface area contributed by atoms with Crippen molar-refractivity contribution in [3.8, 4) is 0 Å². The number of nitrogens with one attached hydrogen (secondary N) is 2. The van der Waals surface area contributed by atoms with Crippen molar-refractivity contribution in [1.82, 2.24) is 10.2 Å². The summed E-state index contributed by atoms with van der Waals surface area (Å²) < 4.78 is 10.7. The van der Waals surface area contributed by atoms with E-state index in [4.69, 9.17) is 15.2 Å². The molecule has 2 aliphatic rings. The average molecular weight is 390 g/mol. The molecule has 3 rings (SSSR count). The van der Waals surface area contributed by atoms with E-state index in [1.165, 1.54) is 0 Å². The predicted octanol–water partition coefficient (Wildman–Crippen LogP) is -0.149. The van der Waals surface area contributed by atoms with Crippen molar-refractivity contribution >= 4 is 23.4 Å². The molecule has 2 heterocycles.